The van der Waals surface area contributed by atoms with Crippen LogP contribution in [0, 0.1) is 0 Å². The van der Waals surface area contributed by atoms with E-state index in [1.54, 1.807) is 0 Å². The van der Waals surface area contributed by atoms with Crippen LogP contribution in [0.15, 0.2) is 36.4 Å². The third-order valence-corrected chi connectivity index (χ3v) is 6.49. The van der Waals surface area contributed by atoms with Crippen molar-refractivity contribution in [2.45, 2.75) is 51.3 Å². The monoisotopic (exact) mass is 402 g/mol. The summed E-state index contributed by atoms with van der Waals surface area (Å²) in [7, 11) is 0. The summed E-state index contributed by atoms with van der Waals surface area (Å²) in [4.78, 5) is 0. The van der Waals surface area contributed by atoms with E-state index in [-0.39, 0.29) is 0 Å². The molecule has 2 N–H and O–H groups in total. The number of rotatable bonds is 6. The molecule has 0 saturated heterocycles. The fraction of sp³-hybridized carbons (Fsp3) is 0.478. The second-order valence-electron chi connectivity index (χ2n) is 8.19. The Morgan fingerprint density at radius 1 is 1.00 bits per heavy atom. The molecule has 2 aromatic rings. The maximum absolute atomic E-state index is 6.51. The highest BCUT2D eigenvalue weighted by Crippen LogP contribution is 2.31. The molecule has 3 rings (SSSR count). The van der Waals surface area contributed by atoms with Crippen molar-refractivity contribution in [3.05, 3.63) is 63.7 Å². The number of aryl methyl sites for hydroxylation is 1. The molecule has 27 heavy (non-hydrogen) atoms. The number of nitrogens with one attached hydrogen (secondary N) is 2. The molecular weight excluding hydrogens is 372 g/mol. The van der Waals surface area contributed by atoms with Gasteiger partial charge >= 0.3 is 0 Å². The second kappa shape index (κ2) is 9.36. The summed E-state index contributed by atoms with van der Waals surface area (Å²) >= 11 is 8.54. The first-order valence-corrected chi connectivity index (χ1v) is 11.3. The maximum Gasteiger partial charge on any atom is 0.0640 e. The van der Waals surface area contributed by atoms with Gasteiger partial charge in [-0.3, -0.25) is 0 Å². The highest BCUT2D eigenvalue weighted by atomic mass is 35.5. The van der Waals surface area contributed by atoms with Gasteiger partial charge in [0, 0.05) is 11.3 Å². The Kier molecular flexibility index (Phi) is 7.13. The van der Waals surface area contributed by atoms with Gasteiger partial charge in [0.1, 0.15) is 0 Å². The molecule has 0 aliphatic carbocycles. The van der Waals surface area contributed by atoms with Crippen molar-refractivity contribution in [2.75, 3.05) is 24.2 Å². The number of anilines is 1. The lowest BCUT2D eigenvalue weighted by molar-refractivity contribution is 0.711. The zero-order valence-corrected chi connectivity index (χ0v) is 18.3. The van der Waals surface area contributed by atoms with E-state index >= 15 is 0 Å². The van der Waals surface area contributed by atoms with E-state index in [1.165, 1.54) is 28.0 Å². The minimum absolute atomic E-state index is 0.340. The van der Waals surface area contributed by atoms with E-state index in [0.717, 1.165) is 49.6 Å². The largest absolute Gasteiger partial charge is 0.380 e. The Morgan fingerprint density at radius 2 is 1.70 bits per heavy atom. The van der Waals surface area contributed by atoms with Gasteiger partial charge in [-0.25, -0.2) is 0 Å². The van der Waals surface area contributed by atoms with Crippen molar-refractivity contribution in [3.8, 4) is 0 Å². The third-order valence-electron chi connectivity index (χ3n) is 4.90. The topological polar surface area (TPSA) is 24.1 Å². The van der Waals surface area contributed by atoms with Crippen LogP contribution in [0.5, 0.6) is 0 Å². The van der Waals surface area contributed by atoms with Crippen LogP contribution in [-0.4, -0.2) is 23.6 Å². The predicted octanol–water partition coefficient (Wildman–Crippen LogP) is 5.71. The zero-order valence-electron chi connectivity index (χ0n) is 16.7. The second-order valence-corrected chi connectivity index (χ2v) is 10.5. The van der Waals surface area contributed by atoms with Crippen molar-refractivity contribution in [1.29, 1.82) is 0 Å². The molecule has 0 radical (unpaired) electrons. The Morgan fingerprint density at radius 3 is 2.44 bits per heavy atom. The molecule has 146 valence electrons. The number of benzene rings is 2. The van der Waals surface area contributed by atoms with E-state index in [1.807, 2.05) is 17.8 Å². The first-order chi connectivity index (χ1) is 12.9. The number of fused-ring (bicyclic) bond motifs is 1. The number of halogens is 1. The molecular formula is C23H31ClN2S. The summed E-state index contributed by atoms with van der Waals surface area (Å²) in [6.45, 7) is 9.70. The standard InChI is InChI=1S/C23H31ClN2S/c1-23(2,3)27-15-12-17-4-6-18(7-5-17)16-26-22-20-11-14-25-13-10-19(20)8-9-21(22)24/h4-9,25-26H,10-16H2,1-3H3. The smallest absolute Gasteiger partial charge is 0.0640 e. The summed E-state index contributed by atoms with van der Waals surface area (Å²) in [5.74, 6) is 1.17. The number of hydrogen-bond acceptors (Lipinski definition) is 3. The summed E-state index contributed by atoms with van der Waals surface area (Å²) in [6.07, 6.45) is 3.23. The van der Waals surface area contributed by atoms with Crippen molar-refractivity contribution in [2.24, 2.45) is 0 Å². The van der Waals surface area contributed by atoms with E-state index in [9.17, 15) is 0 Å². The van der Waals surface area contributed by atoms with Gasteiger partial charge in [-0.2, -0.15) is 11.8 Å². The molecule has 0 atom stereocenters. The van der Waals surface area contributed by atoms with Crippen LogP contribution in [0.25, 0.3) is 0 Å². The van der Waals surface area contributed by atoms with E-state index in [4.69, 9.17) is 11.6 Å². The van der Waals surface area contributed by atoms with Crippen LogP contribution in [0.2, 0.25) is 5.02 Å². The zero-order chi connectivity index (χ0) is 19.3. The quantitative estimate of drug-likeness (QED) is 0.646. The van der Waals surface area contributed by atoms with Crippen LogP contribution >= 0.6 is 23.4 Å². The molecule has 1 aliphatic heterocycles. The molecule has 0 saturated carbocycles. The lowest BCUT2D eigenvalue weighted by Crippen LogP contribution is -2.16. The number of thioether (sulfide) groups is 1. The molecule has 0 fully saturated rings. The molecule has 0 spiro atoms. The highest BCUT2D eigenvalue weighted by Gasteiger charge is 2.14. The lowest BCUT2D eigenvalue weighted by atomic mass is 10.0. The van der Waals surface area contributed by atoms with Crippen LogP contribution in [0.3, 0.4) is 0 Å². The fourth-order valence-corrected chi connectivity index (χ4v) is 4.62. The van der Waals surface area contributed by atoms with Crippen molar-refractivity contribution < 1.29 is 0 Å². The van der Waals surface area contributed by atoms with Gasteiger partial charge < -0.3 is 10.6 Å². The molecule has 2 aromatic carbocycles. The predicted molar refractivity (Wildman–Crippen MR) is 121 cm³/mol. The Labute approximate surface area is 173 Å². The Hall–Kier alpha value is -1.16. The molecule has 0 bridgehead atoms. The summed E-state index contributed by atoms with van der Waals surface area (Å²) in [5.41, 5.74) is 6.61. The van der Waals surface area contributed by atoms with E-state index < -0.39 is 0 Å². The summed E-state index contributed by atoms with van der Waals surface area (Å²) in [5, 5.41) is 7.90. The third kappa shape index (κ3) is 6.17. The molecule has 0 amide bonds. The van der Waals surface area contributed by atoms with Crippen LogP contribution in [0.4, 0.5) is 5.69 Å². The van der Waals surface area contributed by atoms with E-state index in [0.29, 0.717) is 4.75 Å². The maximum atomic E-state index is 6.51. The van der Waals surface area contributed by atoms with Crippen LogP contribution in [-0.2, 0) is 25.8 Å². The van der Waals surface area contributed by atoms with Crippen molar-refractivity contribution in [1.82, 2.24) is 5.32 Å². The average Bonchev–Trinajstić information content (AvgIpc) is 2.86. The molecule has 4 heteroatoms. The highest BCUT2D eigenvalue weighted by molar-refractivity contribution is 8.00. The van der Waals surface area contributed by atoms with Crippen LogP contribution in [0.1, 0.15) is 43.0 Å². The van der Waals surface area contributed by atoms with Gasteiger partial charge in [-0.15, -0.1) is 0 Å². The van der Waals surface area contributed by atoms with Crippen molar-refractivity contribution in [3.63, 3.8) is 0 Å². The summed E-state index contributed by atoms with van der Waals surface area (Å²) in [6, 6.07) is 13.2. The first kappa shape index (κ1) is 20.6. The number of hydrogen-bond donors (Lipinski definition) is 2. The van der Waals surface area contributed by atoms with Gasteiger partial charge in [0.15, 0.2) is 0 Å². The molecule has 0 aromatic heterocycles. The Bertz CT molecular complexity index is 750. The Balaban J connectivity index is 1.60. The molecule has 0 unspecified atom stereocenters. The minimum atomic E-state index is 0.340. The van der Waals surface area contributed by atoms with Crippen LogP contribution < -0.4 is 10.6 Å². The van der Waals surface area contributed by atoms with Gasteiger partial charge in [0.25, 0.3) is 0 Å². The first-order valence-electron chi connectivity index (χ1n) is 9.89. The fourth-order valence-electron chi connectivity index (χ4n) is 3.42. The SMILES string of the molecule is CC(C)(C)SCCc1ccc(CNc2c(Cl)ccc3c2CCNCC3)cc1. The minimum Gasteiger partial charge on any atom is -0.380 e. The van der Waals surface area contributed by atoms with Gasteiger partial charge in [-0.05, 0) is 66.4 Å². The van der Waals surface area contributed by atoms with Crippen molar-refractivity contribution >= 4 is 29.1 Å². The average molecular weight is 403 g/mol. The molecule has 1 aliphatic rings. The van der Waals surface area contributed by atoms with Gasteiger partial charge in [0.2, 0.25) is 0 Å². The lowest BCUT2D eigenvalue weighted by Gasteiger charge is -2.17. The van der Waals surface area contributed by atoms with Gasteiger partial charge in [-0.1, -0.05) is 62.7 Å². The molecule has 2 nitrogen and oxygen atoms in total. The molecule has 1 heterocycles. The summed E-state index contributed by atoms with van der Waals surface area (Å²) < 4.78 is 0.340. The van der Waals surface area contributed by atoms with E-state index in [2.05, 4.69) is 61.7 Å². The normalized spacial score (nSPS) is 14.5. The van der Waals surface area contributed by atoms with Gasteiger partial charge in [0.05, 0.1) is 10.7 Å².